The van der Waals surface area contributed by atoms with E-state index in [9.17, 15) is 4.79 Å². The number of nitrogens with zero attached hydrogens (tertiary/aromatic N) is 5. The van der Waals surface area contributed by atoms with Gasteiger partial charge in [-0.1, -0.05) is 30.0 Å². The molecule has 33 heavy (non-hydrogen) atoms. The van der Waals surface area contributed by atoms with Crippen molar-refractivity contribution in [1.29, 1.82) is 0 Å². The van der Waals surface area contributed by atoms with Gasteiger partial charge in [0.2, 0.25) is 5.91 Å². The Hall–Kier alpha value is -2.23. The third-order valence-corrected chi connectivity index (χ3v) is 9.32. The number of hydrogen-bond donors (Lipinski definition) is 0. The molecule has 170 valence electrons. The van der Waals surface area contributed by atoms with Gasteiger partial charge >= 0.3 is 0 Å². The number of piperidine rings is 1. The first kappa shape index (κ1) is 21.3. The van der Waals surface area contributed by atoms with Gasteiger partial charge in [0.15, 0.2) is 5.16 Å². The predicted octanol–water partition coefficient (Wildman–Crippen LogP) is 5.37. The maximum absolute atomic E-state index is 13.1. The van der Waals surface area contributed by atoms with E-state index in [-0.39, 0.29) is 5.91 Å². The number of thiophene rings is 1. The Morgan fingerprint density at radius 3 is 2.85 bits per heavy atom. The highest BCUT2D eigenvalue weighted by Gasteiger charge is 2.31. The van der Waals surface area contributed by atoms with Crippen molar-refractivity contribution in [3.63, 3.8) is 0 Å². The lowest BCUT2D eigenvalue weighted by molar-refractivity contribution is -0.129. The van der Waals surface area contributed by atoms with Crippen LogP contribution in [0.3, 0.4) is 0 Å². The molecule has 1 saturated carbocycles. The lowest BCUT2D eigenvalue weighted by Crippen LogP contribution is -2.40. The van der Waals surface area contributed by atoms with Crippen LogP contribution in [0.15, 0.2) is 46.9 Å². The summed E-state index contributed by atoms with van der Waals surface area (Å²) in [6, 6.07) is 13.0. The van der Waals surface area contributed by atoms with E-state index < -0.39 is 0 Å². The van der Waals surface area contributed by atoms with Crippen molar-refractivity contribution in [2.24, 2.45) is 0 Å². The molecule has 4 heterocycles. The van der Waals surface area contributed by atoms with Crippen LogP contribution in [0.25, 0.3) is 10.2 Å². The second-order valence-electron chi connectivity index (χ2n) is 8.74. The fraction of sp³-hybridized carbons (Fsp3) is 0.417. The van der Waals surface area contributed by atoms with Crippen LogP contribution in [0.2, 0.25) is 0 Å². The Balaban J connectivity index is 1.11. The zero-order valence-electron chi connectivity index (χ0n) is 18.2. The van der Waals surface area contributed by atoms with Crippen LogP contribution in [0, 0.1) is 0 Å². The summed E-state index contributed by atoms with van der Waals surface area (Å²) in [6.07, 6.45) is 5.28. The van der Waals surface area contributed by atoms with E-state index in [0.717, 1.165) is 53.9 Å². The number of para-hydroxylation sites is 1. The molecule has 3 aromatic heterocycles. The molecule has 2 aliphatic rings. The number of hydrogen-bond acceptors (Lipinski definition) is 7. The van der Waals surface area contributed by atoms with Crippen molar-refractivity contribution < 1.29 is 4.79 Å². The highest BCUT2D eigenvalue weighted by molar-refractivity contribution is 7.99. The first-order valence-electron chi connectivity index (χ1n) is 11.5. The van der Waals surface area contributed by atoms with Crippen molar-refractivity contribution >= 4 is 50.6 Å². The molecule has 0 N–H and O–H groups in total. The van der Waals surface area contributed by atoms with Crippen LogP contribution in [-0.2, 0) is 11.2 Å². The molecule has 6 nitrogen and oxygen atoms in total. The normalized spacial score (nSPS) is 18.8. The van der Waals surface area contributed by atoms with Gasteiger partial charge in [-0.2, -0.15) is 0 Å². The zero-order chi connectivity index (χ0) is 22.2. The van der Waals surface area contributed by atoms with E-state index in [4.69, 9.17) is 4.98 Å². The number of thiazole rings is 1. The zero-order valence-corrected chi connectivity index (χ0v) is 20.7. The fourth-order valence-corrected chi connectivity index (χ4v) is 7.20. The highest BCUT2D eigenvalue weighted by atomic mass is 32.2. The average molecular weight is 496 g/mol. The summed E-state index contributed by atoms with van der Waals surface area (Å²) in [7, 11) is 0. The molecule has 0 spiro atoms. The number of thioether (sulfide) groups is 1. The van der Waals surface area contributed by atoms with Crippen molar-refractivity contribution in [3.8, 4) is 0 Å². The summed E-state index contributed by atoms with van der Waals surface area (Å²) < 4.78 is 3.50. The van der Waals surface area contributed by atoms with Gasteiger partial charge in [0.05, 0.1) is 21.0 Å². The first-order valence-corrected chi connectivity index (χ1v) is 14.1. The van der Waals surface area contributed by atoms with Gasteiger partial charge in [0.25, 0.3) is 0 Å². The van der Waals surface area contributed by atoms with Crippen molar-refractivity contribution in [3.05, 3.63) is 57.5 Å². The second-order valence-corrected chi connectivity index (χ2v) is 11.8. The molecule has 6 rings (SSSR count). The lowest BCUT2D eigenvalue weighted by atomic mass is 9.99. The van der Waals surface area contributed by atoms with E-state index in [2.05, 4.69) is 50.5 Å². The smallest absolute Gasteiger partial charge is 0.233 e. The van der Waals surface area contributed by atoms with Gasteiger partial charge < -0.3 is 9.47 Å². The fourth-order valence-electron chi connectivity index (χ4n) is 4.48. The van der Waals surface area contributed by atoms with Gasteiger partial charge in [0, 0.05) is 36.3 Å². The van der Waals surface area contributed by atoms with E-state index in [1.54, 1.807) is 22.7 Å². The third kappa shape index (κ3) is 4.58. The van der Waals surface area contributed by atoms with Gasteiger partial charge in [0.1, 0.15) is 5.82 Å². The van der Waals surface area contributed by atoms with Crippen molar-refractivity contribution in [1.82, 2.24) is 24.6 Å². The molecule has 1 aromatic carbocycles. The highest BCUT2D eigenvalue weighted by Crippen LogP contribution is 2.39. The van der Waals surface area contributed by atoms with Crippen molar-refractivity contribution in [2.75, 3.05) is 18.8 Å². The van der Waals surface area contributed by atoms with Gasteiger partial charge in [-0.15, -0.1) is 32.9 Å². The van der Waals surface area contributed by atoms with E-state index >= 15 is 0 Å². The number of amides is 1. The molecule has 1 aliphatic heterocycles. The van der Waals surface area contributed by atoms with Crippen LogP contribution < -0.4 is 0 Å². The number of benzene rings is 1. The summed E-state index contributed by atoms with van der Waals surface area (Å²) in [5.41, 5.74) is 1.06. The molecule has 1 atom stereocenters. The SMILES string of the molecule is O=C(CSc1nnc(Cc2cccs2)n1C1CC1)N1CCC[C@H](c2nc3ccccc3s2)C1. The number of fused-ring (bicyclic) bond motifs is 1. The molecular formula is C24H25N5OS3. The quantitative estimate of drug-likeness (QED) is 0.322. The Morgan fingerprint density at radius 2 is 2.03 bits per heavy atom. The summed E-state index contributed by atoms with van der Waals surface area (Å²) >= 11 is 5.06. The summed E-state index contributed by atoms with van der Waals surface area (Å²) in [4.78, 5) is 21.3. The number of rotatable bonds is 7. The molecule has 0 bridgehead atoms. The molecule has 0 radical (unpaired) electrons. The van der Waals surface area contributed by atoms with Crippen LogP contribution in [0.4, 0.5) is 0 Å². The molecule has 4 aromatic rings. The topological polar surface area (TPSA) is 63.9 Å². The average Bonchev–Trinajstić information content (AvgIpc) is 3.23. The molecule has 1 amide bonds. The number of carbonyl (C=O) groups excluding carboxylic acids is 1. The summed E-state index contributed by atoms with van der Waals surface area (Å²) in [5, 5.41) is 13.1. The minimum atomic E-state index is 0.191. The predicted molar refractivity (Wildman–Crippen MR) is 134 cm³/mol. The molecule has 1 aliphatic carbocycles. The maximum Gasteiger partial charge on any atom is 0.233 e. The molecule has 2 fully saturated rings. The Kier molecular flexibility index (Phi) is 5.94. The largest absolute Gasteiger partial charge is 0.341 e. The summed E-state index contributed by atoms with van der Waals surface area (Å²) in [5.74, 6) is 1.95. The Bertz CT molecular complexity index is 1230. The van der Waals surface area contributed by atoms with Crippen LogP contribution in [0.5, 0.6) is 0 Å². The molecule has 0 unspecified atom stereocenters. The van der Waals surface area contributed by atoms with Crippen molar-refractivity contribution in [2.45, 2.75) is 49.2 Å². The van der Waals surface area contributed by atoms with Crippen LogP contribution in [-0.4, -0.2) is 49.4 Å². The Labute approximate surface area is 205 Å². The standard InChI is InChI=1S/C24H25N5OS3/c30-22(28-11-3-5-16(14-28)23-25-19-7-1-2-8-20(19)33-23)15-32-24-27-26-21(29(24)17-9-10-17)13-18-6-4-12-31-18/h1-2,4,6-8,12,16-17H,3,5,9-11,13-15H2/t16-/m0/s1. The van der Waals surface area contributed by atoms with E-state index in [1.807, 2.05) is 11.0 Å². The number of likely N-dealkylation sites (tertiary alicyclic amines) is 1. The maximum atomic E-state index is 13.1. The first-order chi connectivity index (χ1) is 16.2. The number of carbonyl (C=O) groups is 1. The van der Waals surface area contributed by atoms with Gasteiger partial charge in [-0.3, -0.25) is 4.79 Å². The molecule has 1 saturated heterocycles. The van der Waals surface area contributed by atoms with E-state index in [0.29, 0.717) is 17.7 Å². The number of aromatic nitrogens is 4. The van der Waals surface area contributed by atoms with Crippen LogP contribution >= 0.6 is 34.4 Å². The third-order valence-electron chi connectivity index (χ3n) is 6.32. The summed E-state index contributed by atoms with van der Waals surface area (Å²) in [6.45, 7) is 1.60. The van der Waals surface area contributed by atoms with Crippen LogP contribution in [0.1, 0.15) is 53.4 Å². The van der Waals surface area contributed by atoms with Gasteiger partial charge in [-0.05, 0) is 49.3 Å². The monoisotopic (exact) mass is 495 g/mol. The van der Waals surface area contributed by atoms with Gasteiger partial charge in [-0.25, -0.2) is 4.98 Å². The molecule has 9 heteroatoms. The second kappa shape index (κ2) is 9.19. The molecular weight excluding hydrogens is 470 g/mol. The minimum Gasteiger partial charge on any atom is -0.341 e. The van der Waals surface area contributed by atoms with E-state index in [1.165, 1.54) is 34.2 Å². The minimum absolute atomic E-state index is 0.191. The Morgan fingerprint density at radius 1 is 1.12 bits per heavy atom. The lowest BCUT2D eigenvalue weighted by Gasteiger charge is -2.31.